The fourth-order valence-electron chi connectivity index (χ4n) is 2.95. The van der Waals surface area contributed by atoms with Crippen molar-refractivity contribution in [2.45, 2.75) is 38.8 Å². The third-order valence-corrected chi connectivity index (χ3v) is 4.16. The lowest BCUT2D eigenvalue weighted by atomic mass is 10.0. The predicted molar refractivity (Wildman–Crippen MR) is 79.0 cm³/mol. The van der Waals surface area contributed by atoms with Gasteiger partial charge in [-0.2, -0.15) is 0 Å². The molecule has 112 valence electrons. The fraction of sp³-hybridized carbons (Fsp3) is 0.533. The maximum Gasteiger partial charge on any atom is 0.270 e. The van der Waals surface area contributed by atoms with Crippen molar-refractivity contribution in [1.29, 1.82) is 0 Å². The number of likely N-dealkylation sites (tertiary alicyclic amines) is 1. The van der Waals surface area contributed by atoms with Gasteiger partial charge in [-0.15, -0.1) is 10.2 Å². The summed E-state index contributed by atoms with van der Waals surface area (Å²) >= 11 is 0. The third kappa shape index (κ3) is 2.70. The van der Waals surface area contributed by atoms with Crippen LogP contribution in [0.2, 0.25) is 0 Å². The first-order chi connectivity index (χ1) is 10.2. The molecule has 2 aromatic heterocycles. The van der Waals surface area contributed by atoms with Crippen molar-refractivity contribution >= 4 is 5.91 Å². The summed E-state index contributed by atoms with van der Waals surface area (Å²) in [6, 6.07) is 4.56. The lowest BCUT2D eigenvalue weighted by Crippen LogP contribution is -2.39. The topological polar surface area (TPSA) is 56.0 Å². The van der Waals surface area contributed by atoms with Gasteiger partial charge in [0.25, 0.3) is 5.91 Å². The van der Waals surface area contributed by atoms with Gasteiger partial charge < -0.3 is 14.0 Å². The maximum absolute atomic E-state index is 12.7. The van der Waals surface area contributed by atoms with Crippen molar-refractivity contribution in [3.8, 4) is 0 Å². The monoisotopic (exact) mass is 287 g/mol. The van der Waals surface area contributed by atoms with Crippen LogP contribution in [-0.2, 0) is 0 Å². The van der Waals surface area contributed by atoms with Crippen molar-refractivity contribution in [1.82, 2.24) is 24.2 Å². The molecule has 0 atom stereocenters. The summed E-state index contributed by atoms with van der Waals surface area (Å²) in [6.45, 7) is 5.75. The van der Waals surface area contributed by atoms with Crippen LogP contribution < -0.4 is 0 Å². The molecule has 0 bridgehead atoms. The van der Waals surface area contributed by atoms with Gasteiger partial charge in [0, 0.05) is 31.4 Å². The smallest absolute Gasteiger partial charge is 0.270 e. The first kappa shape index (κ1) is 13.9. The number of nitrogens with zero attached hydrogens (tertiary/aromatic N) is 5. The molecule has 3 rings (SSSR count). The highest BCUT2D eigenvalue weighted by atomic mass is 16.2. The van der Waals surface area contributed by atoms with Gasteiger partial charge in [-0.05, 0) is 38.8 Å². The van der Waals surface area contributed by atoms with Crippen LogP contribution >= 0.6 is 0 Å². The van der Waals surface area contributed by atoms with Gasteiger partial charge in [-0.25, -0.2) is 0 Å². The van der Waals surface area contributed by atoms with E-state index in [-0.39, 0.29) is 5.91 Å². The largest absolute Gasteiger partial charge is 0.341 e. The average molecular weight is 287 g/mol. The normalized spacial score (nSPS) is 16.6. The molecule has 6 heteroatoms. The van der Waals surface area contributed by atoms with Gasteiger partial charge >= 0.3 is 0 Å². The molecule has 3 heterocycles. The van der Waals surface area contributed by atoms with Gasteiger partial charge in [0.1, 0.15) is 18.3 Å². The number of carbonyl (C=O) groups is 1. The molecule has 1 amide bonds. The summed E-state index contributed by atoms with van der Waals surface area (Å²) in [7, 11) is 0. The van der Waals surface area contributed by atoms with Crippen LogP contribution in [0.4, 0.5) is 0 Å². The average Bonchev–Trinajstić information content (AvgIpc) is 3.18. The van der Waals surface area contributed by atoms with E-state index in [2.05, 4.69) is 24.0 Å². The number of carbonyl (C=O) groups excluding carboxylic acids is 1. The van der Waals surface area contributed by atoms with Crippen molar-refractivity contribution in [3.05, 3.63) is 36.7 Å². The molecule has 0 aliphatic carbocycles. The van der Waals surface area contributed by atoms with Crippen molar-refractivity contribution in [2.24, 2.45) is 0 Å². The van der Waals surface area contributed by atoms with Crippen LogP contribution in [0.15, 0.2) is 31.0 Å². The summed E-state index contributed by atoms with van der Waals surface area (Å²) in [5.41, 5.74) is 0.785. The molecule has 0 saturated carbocycles. The van der Waals surface area contributed by atoms with E-state index >= 15 is 0 Å². The van der Waals surface area contributed by atoms with Gasteiger partial charge in [0.15, 0.2) is 0 Å². The zero-order valence-corrected chi connectivity index (χ0v) is 12.5. The highest BCUT2D eigenvalue weighted by Crippen LogP contribution is 2.23. The van der Waals surface area contributed by atoms with E-state index in [9.17, 15) is 4.79 Å². The summed E-state index contributed by atoms with van der Waals surface area (Å²) in [5, 5.41) is 7.70. The third-order valence-electron chi connectivity index (χ3n) is 4.16. The predicted octanol–water partition coefficient (Wildman–Crippen LogP) is 2.14. The molecule has 1 saturated heterocycles. The second kappa shape index (κ2) is 5.71. The molecule has 6 nitrogen and oxygen atoms in total. The van der Waals surface area contributed by atoms with E-state index in [1.54, 1.807) is 12.7 Å². The highest BCUT2D eigenvalue weighted by Gasteiger charge is 2.26. The lowest BCUT2D eigenvalue weighted by Gasteiger charge is -2.32. The summed E-state index contributed by atoms with van der Waals surface area (Å²) in [4.78, 5) is 14.6. The number of aromatic nitrogens is 4. The Morgan fingerprint density at radius 3 is 2.52 bits per heavy atom. The second-order valence-corrected chi connectivity index (χ2v) is 5.83. The van der Waals surface area contributed by atoms with Crippen LogP contribution in [0.25, 0.3) is 0 Å². The Labute approximate surface area is 124 Å². The number of hydrogen-bond donors (Lipinski definition) is 0. The Hall–Kier alpha value is -2.11. The minimum Gasteiger partial charge on any atom is -0.341 e. The number of amides is 1. The molecule has 0 aromatic carbocycles. The van der Waals surface area contributed by atoms with Crippen molar-refractivity contribution in [3.63, 3.8) is 0 Å². The first-order valence-corrected chi connectivity index (χ1v) is 7.47. The van der Waals surface area contributed by atoms with Crippen LogP contribution in [0.1, 0.15) is 49.3 Å². The Bertz CT molecular complexity index is 593. The highest BCUT2D eigenvalue weighted by molar-refractivity contribution is 5.92. The van der Waals surface area contributed by atoms with Gasteiger partial charge in [-0.3, -0.25) is 4.79 Å². The number of rotatable bonds is 3. The molecule has 1 aliphatic heterocycles. The van der Waals surface area contributed by atoms with E-state index in [0.29, 0.717) is 12.1 Å². The molecule has 21 heavy (non-hydrogen) atoms. The van der Waals surface area contributed by atoms with Crippen LogP contribution in [0, 0.1) is 0 Å². The number of hydrogen-bond acceptors (Lipinski definition) is 3. The Morgan fingerprint density at radius 1 is 1.24 bits per heavy atom. The van der Waals surface area contributed by atoms with Gasteiger partial charge in [0.05, 0.1) is 0 Å². The molecule has 2 aromatic rings. The summed E-state index contributed by atoms with van der Waals surface area (Å²) < 4.78 is 4.08. The van der Waals surface area contributed by atoms with Crippen molar-refractivity contribution < 1.29 is 4.79 Å². The quantitative estimate of drug-likeness (QED) is 0.869. The summed E-state index contributed by atoms with van der Waals surface area (Å²) in [6.07, 6.45) is 7.39. The SMILES string of the molecule is CC(C)n1cccc1C(=O)N1CCC(n2cnnc2)CC1. The molecule has 0 unspecified atom stereocenters. The second-order valence-electron chi connectivity index (χ2n) is 5.83. The molecule has 0 N–H and O–H groups in total. The fourth-order valence-corrected chi connectivity index (χ4v) is 2.95. The zero-order valence-electron chi connectivity index (χ0n) is 12.5. The number of piperidine rings is 1. The molecular weight excluding hydrogens is 266 g/mol. The first-order valence-electron chi connectivity index (χ1n) is 7.47. The molecular formula is C15H21N5O. The standard InChI is InChI=1S/C15H21N5O/c1-12(2)20-7-3-4-14(20)15(21)18-8-5-13(6-9-18)19-10-16-17-11-19/h3-4,7,10-13H,5-6,8-9H2,1-2H3. The lowest BCUT2D eigenvalue weighted by molar-refractivity contribution is 0.0682. The Kier molecular flexibility index (Phi) is 3.77. The van der Waals surface area contributed by atoms with Crippen LogP contribution in [0.3, 0.4) is 0 Å². The maximum atomic E-state index is 12.7. The van der Waals surface area contributed by atoms with E-state index in [4.69, 9.17) is 0 Å². The molecule has 0 radical (unpaired) electrons. The van der Waals surface area contributed by atoms with E-state index < -0.39 is 0 Å². The van der Waals surface area contributed by atoms with Gasteiger partial charge in [-0.1, -0.05) is 0 Å². The van der Waals surface area contributed by atoms with E-state index in [1.807, 2.05) is 32.4 Å². The van der Waals surface area contributed by atoms with Crippen molar-refractivity contribution in [2.75, 3.05) is 13.1 Å². The molecule has 0 spiro atoms. The van der Waals surface area contributed by atoms with Crippen LogP contribution in [-0.4, -0.2) is 43.2 Å². The molecule has 1 fully saturated rings. The zero-order chi connectivity index (χ0) is 14.8. The Morgan fingerprint density at radius 2 is 1.90 bits per heavy atom. The minimum atomic E-state index is 0.135. The minimum absolute atomic E-state index is 0.135. The van der Waals surface area contributed by atoms with E-state index in [1.165, 1.54) is 0 Å². The Balaban J connectivity index is 1.66. The summed E-state index contributed by atoms with van der Waals surface area (Å²) in [5.74, 6) is 0.135. The van der Waals surface area contributed by atoms with E-state index in [0.717, 1.165) is 31.6 Å². The van der Waals surface area contributed by atoms with Crippen LogP contribution in [0.5, 0.6) is 0 Å². The van der Waals surface area contributed by atoms with Gasteiger partial charge in [0.2, 0.25) is 0 Å². The molecule has 1 aliphatic rings.